The Balaban J connectivity index is 1.72. The van der Waals surface area contributed by atoms with Crippen LogP contribution in [0.15, 0.2) is 23.4 Å². The van der Waals surface area contributed by atoms with Gasteiger partial charge < -0.3 is 13.7 Å². The molecule has 0 saturated heterocycles. The fraction of sp³-hybridized carbons (Fsp3) is 0.720. The van der Waals surface area contributed by atoms with E-state index in [1.54, 1.807) is 7.11 Å². The minimum absolute atomic E-state index is 0.180. The zero-order valence-electron chi connectivity index (χ0n) is 20.7. The Morgan fingerprint density at radius 2 is 1.74 bits per heavy atom. The van der Waals surface area contributed by atoms with Gasteiger partial charge in [0.05, 0.1) is 11.8 Å². The molecule has 31 heavy (non-hydrogen) atoms. The molecule has 1 aromatic rings. The van der Waals surface area contributed by atoms with Crippen LogP contribution in [-0.2, 0) is 9.26 Å². The number of hydrogen-bond acceptors (Lipinski definition) is 4. The Labute approximate surface area is 191 Å². The minimum atomic E-state index is -1.69. The van der Waals surface area contributed by atoms with Crippen molar-refractivity contribution in [1.82, 2.24) is 0 Å². The molecule has 0 spiro atoms. The molecule has 6 heteroatoms. The zero-order valence-corrected chi connectivity index (χ0v) is 22.7. The molecule has 3 aliphatic rings. The van der Waals surface area contributed by atoms with Gasteiger partial charge in [-0.05, 0) is 112 Å². The lowest BCUT2D eigenvalue weighted by molar-refractivity contribution is 0.0440. The molecule has 0 radical (unpaired) electrons. The maximum Gasteiger partial charge on any atom is 0.242 e. The molecular formula is C25H41NO3Si2. The lowest BCUT2D eigenvalue weighted by Gasteiger charge is -2.51. The van der Waals surface area contributed by atoms with E-state index in [4.69, 9.17) is 13.7 Å². The van der Waals surface area contributed by atoms with Gasteiger partial charge in [-0.25, -0.2) is 0 Å². The van der Waals surface area contributed by atoms with E-state index in [-0.39, 0.29) is 11.5 Å². The number of fused-ring (bicyclic) bond motifs is 5. The normalized spacial score (nSPS) is 34.1. The largest absolute Gasteiger partial charge is 0.544 e. The van der Waals surface area contributed by atoms with Crippen molar-refractivity contribution in [3.8, 4) is 5.75 Å². The summed E-state index contributed by atoms with van der Waals surface area (Å²) in [7, 11) is -1.65. The topological polar surface area (TPSA) is 40.0 Å². The predicted octanol–water partition coefficient (Wildman–Crippen LogP) is 7.11. The summed E-state index contributed by atoms with van der Waals surface area (Å²) in [5.41, 5.74) is 4.37. The van der Waals surface area contributed by atoms with Crippen LogP contribution in [0.25, 0.3) is 0 Å². The summed E-state index contributed by atoms with van der Waals surface area (Å²) in [5.74, 6) is 2.97. The van der Waals surface area contributed by atoms with Crippen molar-refractivity contribution in [3.05, 3.63) is 29.3 Å². The molecule has 4 rings (SSSR count). The molecule has 0 N–H and O–H groups in total. The van der Waals surface area contributed by atoms with E-state index >= 15 is 0 Å². The maximum absolute atomic E-state index is 6.83. The second-order valence-electron chi connectivity index (χ2n) is 12.1. The Bertz CT molecular complexity index is 857. The molecule has 0 aliphatic heterocycles. The van der Waals surface area contributed by atoms with Crippen molar-refractivity contribution in [3.63, 3.8) is 0 Å². The Morgan fingerprint density at radius 1 is 1.00 bits per heavy atom. The summed E-state index contributed by atoms with van der Waals surface area (Å²) in [6, 6.07) is 6.89. The van der Waals surface area contributed by atoms with Gasteiger partial charge >= 0.3 is 0 Å². The van der Waals surface area contributed by atoms with E-state index in [0.29, 0.717) is 17.8 Å². The number of rotatable bonds is 5. The highest BCUT2D eigenvalue weighted by molar-refractivity contribution is 6.70. The molecule has 2 saturated carbocycles. The van der Waals surface area contributed by atoms with Crippen molar-refractivity contribution in [1.29, 1.82) is 0 Å². The highest BCUT2D eigenvalue weighted by atomic mass is 28.4. The van der Waals surface area contributed by atoms with Crippen molar-refractivity contribution in [2.75, 3.05) is 7.11 Å². The molecule has 4 nitrogen and oxygen atoms in total. The average Bonchev–Trinajstić information content (AvgIpc) is 2.96. The van der Waals surface area contributed by atoms with Gasteiger partial charge in [0.1, 0.15) is 12.9 Å². The van der Waals surface area contributed by atoms with Crippen LogP contribution in [0.4, 0.5) is 0 Å². The summed E-state index contributed by atoms with van der Waals surface area (Å²) in [6.07, 6.45) is 6.03. The molecule has 2 fully saturated rings. The predicted molar refractivity (Wildman–Crippen MR) is 133 cm³/mol. The Kier molecular flexibility index (Phi) is 5.97. The standard InChI is InChI=1S/C25H41NO3Si2/c1-25-14-13-19-18-10-9-17(28-30(3,4)5)15-21(18)23(29-31(6,7)8)16-20(19)22(25)11-12-24(25)26-27-2/h9-10,15,19-20,22-23H,11-14,16H2,1-8H3/b26-24+. The Hall–Kier alpha value is -1.12. The SMILES string of the molecule is CO/N=C1\CCC2C3CC(O[Si](C)(C)C)c4cc(O[Si](C)(C)C)ccc4C3CCC12C. The van der Waals surface area contributed by atoms with Gasteiger partial charge in [-0.15, -0.1) is 0 Å². The summed E-state index contributed by atoms with van der Waals surface area (Å²) < 4.78 is 13.2. The molecule has 5 unspecified atom stereocenters. The molecule has 5 atom stereocenters. The first-order valence-corrected chi connectivity index (χ1v) is 18.8. The molecule has 0 heterocycles. The summed E-state index contributed by atoms with van der Waals surface area (Å²) in [5, 5.41) is 4.47. The van der Waals surface area contributed by atoms with Gasteiger partial charge in [-0.1, -0.05) is 18.1 Å². The summed E-state index contributed by atoms with van der Waals surface area (Å²) >= 11 is 0. The fourth-order valence-corrected chi connectivity index (χ4v) is 8.46. The van der Waals surface area contributed by atoms with Gasteiger partial charge in [-0.3, -0.25) is 0 Å². The third-order valence-electron chi connectivity index (χ3n) is 7.59. The Morgan fingerprint density at radius 3 is 2.39 bits per heavy atom. The first-order valence-electron chi connectivity index (χ1n) is 12.0. The lowest BCUT2D eigenvalue weighted by atomic mass is 9.55. The van der Waals surface area contributed by atoms with E-state index < -0.39 is 16.6 Å². The number of benzene rings is 1. The van der Waals surface area contributed by atoms with Crippen LogP contribution in [0.3, 0.4) is 0 Å². The highest BCUT2D eigenvalue weighted by Crippen LogP contribution is 2.62. The highest BCUT2D eigenvalue weighted by Gasteiger charge is 2.55. The van der Waals surface area contributed by atoms with E-state index in [0.717, 1.165) is 18.6 Å². The second kappa shape index (κ2) is 8.03. The van der Waals surface area contributed by atoms with Crippen molar-refractivity contribution >= 4 is 22.3 Å². The second-order valence-corrected chi connectivity index (χ2v) is 20.9. The van der Waals surface area contributed by atoms with Gasteiger partial charge in [0.15, 0.2) is 8.32 Å². The van der Waals surface area contributed by atoms with E-state index in [1.165, 1.54) is 36.1 Å². The monoisotopic (exact) mass is 459 g/mol. The van der Waals surface area contributed by atoms with Crippen molar-refractivity contribution < 1.29 is 13.7 Å². The number of nitrogens with zero attached hydrogens (tertiary/aromatic N) is 1. The lowest BCUT2D eigenvalue weighted by Crippen LogP contribution is -2.44. The molecule has 1 aromatic carbocycles. The fourth-order valence-electron chi connectivity index (χ4n) is 6.55. The smallest absolute Gasteiger partial charge is 0.242 e. The molecule has 0 bridgehead atoms. The van der Waals surface area contributed by atoms with Crippen LogP contribution in [-0.4, -0.2) is 29.5 Å². The molecule has 0 amide bonds. The first-order chi connectivity index (χ1) is 14.4. The van der Waals surface area contributed by atoms with Crippen LogP contribution < -0.4 is 4.43 Å². The van der Waals surface area contributed by atoms with Gasteiger partial charge in [0.25, 0.3) is 0 Å². The van der Waals surface area contributed by atoms with Crippen LogP contribution in [0, 0.1) is 17.3 Å². The van der Waals surface area contributed by atoms with Crippen molar-refractivity contribution in [2.24, 2.45) is 22.4 Å². The third kappa shape index (κ3) is 4.53. The molecule has 0 aromatic heterocycles. The van der Waals surface area contributed by atoms with Gasteiger partial charge in [-0.2, -0.15) is 0 Å². The van der Waals surface area contributed by atoms with Crippen LogP contribution in [0.1, 0.15) is 62.2 Å². The summed E-state index contributed by atoms with van der Waals surface area (Å²) in [4.78, 5) is 5.23. The number of hydrogen-bond donors (Lipinski definition) is 0. The van der Waals surface area contributed by atoms with Crippen LogP contribution >= 0.6 is 0 Å². The zero-order chi connectivity index (χ0) is 22.6. The number of oxime groups is 1. The maximum atomic E-state index is 6.83. The summed E-state index contributed by atoms with van der Waals surface area (Å²) in [6.45, 7) is 16.1. The average molecular weight is 460 g/mol. The van der Waals surface area contributed by atoms with E-state index in [1.807, 2.05) is 0 Å². The van der Waals surface area contributed by atoms with Crippen molar-refractivity contribution in [2.45, 2.75) is 90.3 Å². The molecule has 3 aliphatic carbocycles. The van der Waals surface area contributed by atoms with Crippen LogP contribution in [0.2, 0.25) is 39.3 Å². The minimum Gasteiger partial charge on any atom is -0.544 e. The van der Waals surface area contributed by atoms with E-state index in [2.05, 4.69) is 69.6 Å². The molecular weight excluding hydrogens is 418 g/mol. The molecule has 172 valence electrons. The van der Waals surface area contributed by atoms with E-state index in [9.17, 15) is 0 Å². The quantitative estimate of drug-likeness (QED) is 0.348. The van der Waals surface area contributed by atoms with Crippen LogP contribution in [0.5, 0.6) is 5.75 Å². The van der Waals surface area contributed by atoms with Gasteiger partial charge in [0, 0.05) is 5.41 Å². The third-order valence-corrected chi connectivity index (χ3v) is 9.43. The van der Waals surface area contributed by atoms with Gasteiger partial charge in [0.2, 0.25) is 8.32 Å². The first kappa shape index (κ1) is 23.1.